The minimum absolute atomic E-state index is 0.0449. The molecule has 1 unspecified atom stereocenters. The first-order valence-corrected chi connectivity index (χ1v) is 12.0. The Hall–Kier alpha value is -4.61. The second kappa shape index (κ2) is 11.0. The van der Waals surface area contributed by atoms with Crippen LogP contribution in [0.3, 0.4) is 0 Å². The monoisotopic (exact) mass is 541 g/mol. The SMILES string of the molecule is Cc1noc(-c2ccc(C(F)(F)F)cc2)c1C(=O)NNC(=O)C(NC(=O)Cc1c[nH]c2ccccc12)C(C)C. The van der Waals surface area contributed by atoms with E-state index in [4.69, 9.17) is 4.52 Å². The number of hydrogen-bond acceptors (Lipinski definition) is 5. The maximum Gasteiger partial charge on any atom is 0.416 e. The highest BCUT2D eigenvalue weighted by Crippen LogP contribution is 2.32. The summed E-state index contributed by atoms with van der Waals surface area (Å²) < 4.78 is 43.9. The summed E-state index contributed by atoms with van der Waals surface area (Å²) in [6.07, 6.45) is -2.73. The maximum atomic E-state index is 12.9. The molecule has 0 saturated heterocycles. The lowest BCUT2D eigenvalue weighted by molar-refractivity contribution is -0.137. The molecule has 0 radical (unpaired) electrons. The number of H-pyrrole nitrogens is 1. The summed E-state index contributed by atoms with van der Waals surface area (Å²) in [5.41, 5.74) is 5.70. The lowest BCUT2D eigenvalue weighted by Crippen LogP contribution is -2.54. The number of rotatable bonds is 7. The molecule has 3 amide bonds. The van der Waals surface area contributed by atoms with Gasteiger partial charge in [-0.05, 0) is 36.6 Å². The van der Waals surface area contributed by atoms with E-state index in [1.807, 2.05) is 24.3 Å². The summed E-state index contributed by atoms with van der Waals surface area (Å²) in [5, 5.41) is 7.35. The van der Waals surface area contributed by atoms with Crippen LogP contribution in [0.1, 0.15) is 41.0 Å². The Labute approximate surface area is 221 Å². The average molecular weight is 542 g/mol. The van der Waals surface area contributed by atoms with E-state index < -0.39 is 29.6 Å². The number of nitrogens with one attached hydrogen (secondary N) is 4. The third kappa shape index (κ3) is 6.11. The molecule has 204 valence electrons. The number of aromatic amines is 1. The van der Waals surface area contributed by atoms with Crippen LogP contribution in [0.2, 0.25) is 0 Å². The Bertz CT molecular complexity index is 1510. The minimum Gasteiger partial charge on any atom is -0.361 e. The number of halogens is 3. The summed E-state index contributed by atoms with van der Waals surface area (Å²) in [6.45, 7) is 4.96. The summed E-state index contributed by atoms with van der Waals surface area (Å²) in [6, 6.07) is 10.6. The van der Waals surface area contributed by atoms with Crippen molar-refractivity contribution in [3.63, 3.8) is 0 Å². The fourth-order valence-electron chi connectivity index (χ4n) is 4.11. The van der Waals surface area contributed by atoms with Gasteiger partial charge in [-0.1, -0.05) is 49.3 Å². The van der Waals surface area contributed by atoms with E-state index in [2.05, 4.69) is 26.3 Å². The maximum absolute atomic E-state index is 12.9. The first kappa shape index (κ1) is 27.4. The predicted octanol–water partition coefficient (Wildman–Crippen LogP) is 4.29. The number of nitrogens with zero attached hydrogens (tertiary/aromatic N) is 1. The van der Waals surface area contributed by atoms with Gasteiger partial charge in [-0.3, -0.25) is 25.2 Å². The van der Waals surface area contributed by atoms with E-state index in [1.54, 1.807) is 20.0 Å². The van der Waals surface area contributed by atoms with Gasteiger partial charge >= 0.3 is 6.18 Å². The Morgan fingerprint density at radius 1 is 1.03 bits per heavy atom. The van der Waals surface area contributed by atoms with E-state index in [0.29, 0.717) is 0 Å². The number of benzene rings is 2. The van der Waals surface area contributed by atoms with Crippen LogP contribution in [-0.2, 0) is 22.2 Å². The van der Waals surface area contributed by atoms with Crippen LogP contribution < -0.4 is 16.2 Å². The lowest BCUT2D eigenvalue weighted by atomic mass is 10.0. The summed E-state index contributed by atoms with van der Waals surface area (Å²) in [4.78, 5) is 41.6. The van der Waals surface area contributed by atoms with Crippen LogP contribution in [0.4, 0.5) is 13.2 Å². The van der Waals surface area contributed by atoms with Gasteiger partial charge in [0.15, 0.2) is 5.76 Å². The molecule has 2 aromatic heterocycles. The number of aryl methyl sites for hydroxylation is 1. The molecule has 0 spiro atoms. The average Bonchev–Trinajstić information content (AvgIpc) is 3.48. The van der Waals surface area contributed by atoms with Crippen LogP contribution in [0.25, 0.3) is 22.2 Å². The molecule has 2 aromatic carbocycles. The lowest BCUT2D eigenvalue weighted by Gasteiger charge is -2.22. The van der Waals surface area contributed by atoms with E-state index in [-0.39, 0.29) is 40.8 Å². The van der Waals surface area contributed by atoms with Gasteiger partial charge in [0.2, 0.25) is 5.91 Å². The summed E-state index contributed by atoms with van der Waals surface area (Å²) >= 11 is 0. The first-order valence-electron chi connectivity index (χ1n) is 12.0. The number of alkyl halides is 3. The molecule has 1 atom stereocenters. The zero-order valence-electron chi connectivity index (χ0n) is 21.3. The van der Waals surface area contributed by atoms with E-state index >= 15 is 0 Å². The van der Waals surface area contributed by atoms with Gasteiger partial charge in [-0.2, -0.15) is 13.2 Å². The molecule has 0 aliphatic carbocycles. The number of fused-ring (bicyclic) bond motifs is 1. The van der Waals surface area contributed by atoms with Crippen LogP contribution in [-0.4, -0.2) is 33.9 Å². The molecule has 0 fully saturated rings. The van der Waals surface area contributed by atoms with E-state index in [0.717, 1.165) is 40.7 Å². The predicted molar refractivity (Wildman–Crippen MR) is 136 cm³/mol. The van der Waals surface area contributed by atoms with Crippen molar-refractivity contribution < 1.29 is 32.1 Å². The third-order valence-electron chi connectivity index (χ3n) is 6.15. The van der Waals surface area contributed by atoms with Crippen LogP contribution >= 0.6 is 0 Å². The van der Waals surface area contributed by atoms with Crippen molar-refractivity contribution in [1.82, 2.24) is 26.3 Å². The van der Waals surface area contributed by atoms with Crippen molar-refractivity contribution in [3.05, 3.63) is 77.1 Å². The highest BCUT2D eigenvalue weighted by Gasteiger charge is 2.31. The van der Waals surface area contributed by atoms with Crippen molar-refractivity contribution in [2.75, 3.05) is 0 Å². The second-order valence-electron chi connectivity index (χ2n) is 9.32. The molecule has 4 aromatic rings. The van der Waals surface area contributed by atoms with Crippen molar-refractivity contribution >= 4 is 28.6 Å². The zero-order chi connectivity index (χ0) is 28.3. The number of hydrogen-bond donors (Lipinski definition) is 4. The zero-order valence-corrected chi connectivity index (χ0v) is 21.3. The Kier molecular flexibility index (Phi) is 7.75. The van der Waals surface area contributed by atoms with Crippen LogP contribution in [0, 0.1) is 12.8 Å². The molecule has 0 bridgehead atoms. The molecule has 0 aliphatic heterocycles. The van der Waals surface area contributed by atoms with Crippen LogP contribution in [0.5, 0.6) is 0 Å². The third-order valence-corrected chi connectivity index (χ3v) is 6.15. The van der Waals surface area contributed by atoms with Gasteiger partial charge in [0.1, 0.15) is 11.6 Å². The summed E-state index contributed by atoms with van der Waals surface area (Å²) in [5.74, 6) is -2.19. The van der Waals surface area contributed by atoms with E-state index in [9.17, 15) is 27.6 Å². The van der Waals surface area contributed by atoms with Gasteiger partial charge in [0.05, 0.1) is 17.7 Å². The molecule has 4 rings (SSSR count). The Morgan fingerprint density at radius 2 is 1.72 bits per heavy atom. The molecule has 0 saturated carbocycles. The fraction of sp³-hybridized carbons (Fsp3) is 0.259. The molecule has 9 nitrogen and oxygen atoms in total. The highest BCUT2D eigenvalue weighted by molar-refractivity contribution is 6.01. The fourth-order valence-corrected chi connectivity index (χ4v) is 4.11. The number of carbonyl (C=O) groups is 3. The Morgan fingerprint density at radius 3 is 2.38 bits per heavy atom. The van der Waals surface area contributed by atoms with Gasteiger partial charge in [0, 0.05) is 22.7 Å². The number of para-hydroxylation sites is 1. The normalized spacial score (nSPS) is 12.4. The number of carbonyl (C=O) groups excluding carboxylic acids is 3. The first-order chi connectivity index (χ1) is 18.5. The largest absolute Gasteiger partial charge is 0.416 e. The van der Waals surface area contributed by atoms with Crippen molar-refractivity contribution in [2.45, 2.75) is 39.4 Å². The number of amides is 3. The highest BCUT2D eigenvalue weighted by atomic mass is 19.4. The van der Waals surface area contributed by atoms with Crippen molar-refractivity contribution in [1.29, 1.82) is 0 Å². The second-order valence-corrected chi connectivity index (χ2v) is 9.32. The number of aromatic nitrogens is 2. The van der Waals surface area contributed by atoms with Crippen LogP contribution in [0.15, 0.2) is 59.3 Å². The van der Waals surface area contributed by atoms with Crippen molar-refractivity contribution in [3.8, 4) is 11.3 Å². The minimum atomic E-state index is -4.52. The molecule has 2 heterocycles. The van der Waals surface area contributed by atoms with E-state index in [1.165, 1.54) is 6.92 Å². The topological polar surface area (TPSA) is 129 Å². The van der Waals surface area contributed by atoms with Gasteiger partial charge in [-0.25, -0.2) is 0 Å². The smallest absolute Gasteiger partial charge is 0.361 e. The Balaban J connectivity index is 1.41. The van der Waals surface area contributed by atoms with Crippen molar-refractivity contribution in [2.24, 2.45) is 5.92 Å². The van der Waals surface area contributed by atoms with Gasteiger partial charge in [0.25, 0.3) is 11.8 Å². The molecule has 39 heavy (non-hydrogen) atoms. The molecular formula is C27H26F3N5O4. The summed E-state index contributed by atoms with van der Waals surface area (Å²) in [7, 11) is 0. The van der Waals surface area contributed by atoms with Gasteiger partial charge in [-0.15, -0.1) is 0 Å². The molecule has 12 heteroatoms. The molecular weight excluding hydrogens is 515 g/mol. The van der Waals surface area contributed by atoms with Gasteiger partial charge < -0.3 is 14.8 Å². The molecule has 4 N–H and O–H groups in total. The standard InChI is InChI=1S/C27H26F3N5O4/c1-14(2)23(32-21(36)12-17-13-31-20-7-5-4-6-19(17)20)26(38)34-33-25(37)22-15(3)35-39-24(22)16-8-10-18(11-9-16)27(28,29)30/h4-11,13-14,23,31H,12H2,1-3H3,(H,32,36)(H,33,37)(H,34,38). The quantitative estimate of drug-likeness (QED) is 0.260. The molecule has 0 aliphatic rings. The number of hydrazine groups is 1.